The molecule has 0 bridgehead atoms. The lowest BCUT2D eigenvalue weighted by Crippen LogP contribution is -2.59. The van der Waals surface area contributed by atoms with E-state index in [2.05, 4.69) is 10.3 Å². The summed E-state index contributed by atoms with van der Waals surface area (Å²) in [6.45, 7) is 2.36. The molecule has 1 aromatic heterocycles. The van der Waals surface area contributed by atoms with Crippen molar-refractivity contribution >= 4 is 23.2 Å². The molecule has 0 unspecified atom stereocenters. The number of nitrogens with zero attached hydrogens (tertiary/aromatic N) is 1. The lowest BCUT2D eigenvalue weighted by atomic mass is 9.76. The first-order valence-corrected chi connectivity index (χ1v) is 9.02. The predicted molar refractivity (Wildman–Crippen MR) is 93.7 cm³/mol. The van der Waals surface area contributed by atoms with Crippen LogP contribution in [0.1, 0.15) is 35.5 Å². The molecule has 1 aromatic carbocycles. The number of rotatable bonds is 7. The quantitative estimate of drug-likeness (QED) is 0.792. The van der Waals surface area contributed by atoms with Crippen LogP contribution in [0.4, 0.5) is 0 Å². The van der Waals surface area contributed by atoms with Gasteiger partial charge >= 0.3 is 5.97 Å². The molecule has 1 fully saturated rings. The molecule has 1 saturated carbocycles. The highest BCUT2D eigenvalue weighted by atomic mass is 32.1. The van der Waals surface area contributed by atoms with Crippen molar-refractivity contribution in [3.8, 4) is 5.75 Å². The number of carboxylic acid groups (broad SMARTS) is 1. The zero-order chi connectivity index (χ0) is 17.9. The number of aryl methyl sites for hydroxylation is 1. The van der Waals surface area contributed by atoms with Crippen LogP contribution in [-0.4, -0.2) is 27.5 Å². The molecule has 1 heterocycles. The van der Waals surface area contributed by atoms with E-state index in [1.165, 1.54) is 16.9 Å². The van der Waals surface area contributed by atoms with Crippen LogP contribution >= 0.6 is 11.3 Å². The Labute approximate surface area is 149 Å². The highest BCUT2D eigenvalue weighted by Crippen LogP contribution is 2.32. The lowest BCUT2D eigenvalue weighted by Gasteiger charge is -2.38. The summed E-state index contributed by atoms with van der Waals surface area (Å²) < 4.78 is 5.67. The Bertz CT molecular complexity index is 766. The molecule has 25 heavy (non-hydrogen) atoms. The molecule has 2 N–H and O–H groups in total. The van der Waals surface area contributed by atoms with E-state index in [1.54, 1.807) is 0 Å². The number of carbonyl (C=O) groups is 2. The number of aliphatic carboxylic acids is 1. The van der Waals surface area contributed by atoms with Gasteiger partial charge in [0, 0.05) is 5.38 Å². The van der Waals surface area contributed by atoms with Crippen LogP contribution in [0, 0.1) is 6.92 Å². The fourth-order valence-corrected chi connectivity index (χ4v) is 3.38. The Balaban J connectivity index is 1.52. The van der Waals surface area contributed by atoms with Gasteiger partial charge in [0.05, 0.1) is 12.1 Å². The average Bonchev–Trinajstić information content (AvgIpc) is 2.97. The summed E-state index contributed by atoms with van der Waals surface area (Å²) in [5.74, 6) is -0.496. The van der Waals surface area contributed by atoms with E-state index in [0.29, 0.717) is 25.1 Å². The molecule has 1 aliphatic carbocycles. The van der Waals surface area contributed by atoms with E-state index in [9.17, 15) is 14.7 Å². The second-order valence-corrected chi connectivity index (χ2v) is 7.24. The molecule has 0 atom stereocenters. The van der Waals surface area contributed by atoms with Crippen molar-refractivity contribution in [1.82, 2.24) is 10.3 Å². The van der Waals surface area contributed by atoms with Gasteiger partial charge in [-0.1, -0.05) is 17.7 Å². The summed E-state index contributed by atoms with van der Waals surface area (Å²) in [7, 11) is 0. The highest BCUT2D eigenvalue weighted by Gasteiger charge is 2.45. The summed E-state index contributed by atoms with van der Waals surface area (Å²) >= 11 is 1.43. The van der Waals surface area contributed by atoms with E-state index in [4.69, 9.17) is 4.74 Å². The molecule has 3 rings (SSSR count). The van der Waals surface area contributed by atoms with Gasteiger partial charge in [0.25, 0.3) is 0 Å². The maximum Gasteiger partial charge on any atom is 0.329 e. The number of aromatic nitrogens is 1. The number of thiazole rings is 1. The Kier molecular flexibility index (Phi) is 5.03. The number of benzene rings is 1. The van der Waals surface area contributed by atoms with Crippen LogP contribution in [0.15, 0.2) is 29.6 Å². The standard InChI is InChI=1S/C18H20N2O4S/c1-12-3-5-14(6-4-12)24-10-16-19-13(11-25-16)9-15(21)20-18(17(22)23)7-2-8-18/h3-6,11H,2,7-10H2,1H3,(H,20,21)(H,22,23). The van der Waals surface area contributed by atoms with E-state index in [-0.39, 0.29) is 12.3 Å². The van der Waals surface area contributed by atoms with Crippen LogP contribution in [0.2, 0.25) is 0 Å². The van der Waals surface area contributed by atoms with Crippen molar-refractivity contribution in [2.24, 2.45) is 0 Å². The van der Waals surface area contributed by atoms with Gasteiger partial charge in [-0.25, -0.2) is 9.78 Å². The second-order valence-electron chi connectivity index (χ2n) is 6.30. The van der Waals surface area contributed by atoms with E-state index in [0.717, 1.165) is 17.2 Å². The van der Waals surface area contributed by atoms with Crippen LogP contribution < -0.4 is 10.1 Å². The Hall–Kier alpha value is -2.41. The second kappa shape index (κ2) is 7.23. The summed E-state index contributed by atoms with van der Waals surface area (Å²) in [5, 5.41) is 14.5. The predicted octanol–water partition coefficient (Wildman–Crippen LogP) is 2.70. The van der Waals surface area contributed by atoms with Gasteiger partial charge in [0.15, 0.2) is 0 Å². The minimum atomic E-state index is -1.08. The maximum atomic E-state index is 12.1. The molecular formula is C18H20N2O4S. The van der Waals surface area contributed by atoms with Gasteiger partial charge in [-0.3, -0.25) is 4.79 Å². The third-order valence-electron chi connectivity index (χ3n) is 4.32. The molecule has 0 radical (unpaired) electrons. The monoisotopic (exact) mass is 360 g/mol. The van der Waals surface area contributed by atoms with Gasteiger partial charge < -0.3 is 15.2 Å². The summed E-state index contributed by atoms with van der Waals surface area (Å²) in [6.07, 6.45) is 1.88. The number of ether oxygens (including phenoxy) is 1. The number of nitrogens with one attached hydrogen (secondary N) is 1. The van der Waals surface area contributed by atoms with Crippen LogP contribution in [0.25, 0.3) is 0 Å². The van der Waals surface area contributed by atoms with Gasteiger partial charge in [0.1, 0.15) is 22.9 Å². The molecule has 132 valence electrons. The van der Waals surface area contributed by atoms with E-state index < -0.39 is 11.5 Å². The van der Waals surface area contributed by atoms with Crippen LogP contribution in [0.5, 0.6) is 5.75 Å². The minimum Gasteiger partial charge on any atom is -0.486 e. The molecular weight excluding hydrogens is 340 g/mol. The molecule has 0 spiro atoms. The van der Waals surface area contributed by atoms with Crippen molar-refractivity contribution in [2.45, 2.75) is 44.8 Å². The molecule has 1 amide bonds. The van der Waals surface area contributed by atoms with Crippen molar-refractivity contribution in [3.63, 3.8) is 0 Å². The summed E-state index contributed by atoms with van der Waals surface area (Å²) in [6, 6.07) is 7.76. The molecule has 1 aliphatic rings. The van der Waals surface area contributed by atoms with E-state index >= 15 is 0 Å². The first-order chi connectivity index (χ1) is 12.0. The highest BCUT2D eigenvalue weighted by molar-refractivity contribution is 7.09. The van der Waals surface area contributed by atoms with E-state index in [1.807, 2.05) is 36.6 Å². The fourth-order valence-electron chi connectivity index (χ4n) is 2.67. The Morgan fingerprint density at radius 3 is 2.64 bits per heavy atom. The minimum absolute atomic E-state index is 0.0794. The number of amides is 1. The first-order valence-electron chi connectivity index (χ1n) is 8.14. The topological polar surface area (TPSA) is 88.5 Å². The van der Waals surface area contributed by atoms with Crippen LogP contribution in [-0.2, 0) is 22.6 Å². The molecule has 6 nitrogen and oxygen atoms in total. The van der Waals surface area contributed by atoms with Crippen molar-refractivity contribution in [1.29, 1.82) is 0 Å². The largest absolute Gasteiger partial charge is 0.486 e. The average molecular weight is 360 g/mol. The van der Waals surface area contributed by atoms with Gasteiger partial charge in [0.2, 0.25) is 5.91 Å². The van der Waals surface area contributed by atoms with Crippen molar-refractivity contribution in [2.75, 3.05) is 0 Å². The SMILES string of the molecule is Cc1ccc(OCc2nc(CC(=O)NC3(C(=O)O)CCC3)cs2)cc1. The van der Waals surface area contributed by atoms with Crippen LogP contribution in [0.3, 0.4) is 0 Å². The maximum absolute atomic E-state index is 12.1. The zero-order valence-electron chi connectivity index (χ0n) is 13.9. The van der Waals surface area contributed by atoms with Crippen molar-refractivity contribution < 1.29 is 19.4 Å². The van der Waals surface area contributed by atoms with Gasteiger partial charge in [-0.15, -0.1) is 11.3 Å². The smallest absolute Gasteiger partial charge is 0.329 e. The normalized spacial score (nSPS) is 15.2. The van der Waals surface area contributed by atoms with Gasteiger partial charge in [-0.05, 0) is 38.3 Å². The Morgan fingerprint density at radius 1 is 1.32 bits per heavy atom. The fraction of sp³-hybridized carbons (Fsp3) is 0.389. The number of hydrogen-bond donors (Lipinski definition) is 2. The number of carbonyl (C=O) groups excluding carboxylic acids is 1. The summed E-state index contributed by atoms with van der Waals surface area (Å²) in [4.78, 5) is 27.8. The Morgan fingerprint density at radius 2 is 2.04 bits per heavy atom. The molecule has 0 aliphatic heterocycles. The third kappa shape index (κ3) is 4.17. The molecule has 0 saturated heterocycles. The third-order valence-corrected chi connectivity index (χ3v) is 5.19. The molecule has 7 heteroatoms. The number of carboxylic acids is 1. The summed E-state index contributed by atoms with van der Waals surface area (Å²) in [5.41, 5.74) is 0.718. The number of hydrogen-bond acceptors (Lipinski definition) is 5. The first kappa shape index (κ1) is 17.4. The zero-order valence-corrected chi connectivity index (χ0v) is 14.8. The lowest BCUT2D eigenvalue weighted by molar-refractivity contribution is -0.151. The van der Waals surface area contributed by atoms with Gasteiger partial charge in [-0.2, -0.15) is 0 Å². The van der Waals surface area contributed by atoms with Crippen molar-refractivity contribution in [3.05, 3.63) is 45.9 Å². The molecule has 2 aromatic rings.